The van der Waals surface area contributed by atoms with Crippen LogP contribution in [-0.4, -0.2) is 11.0 Å². The van der Waals surface area contributed by atoms with Gasteiger partial charge in [0.15, 0.2) is 0 Å². The molecule has 0 radical (unpaired) electrons. The van der Waals surface area contributed by atoms with Gasteiger partial charge in [-0.3, -0.25) is 0 Å². The van der Waals surface area contributed by atoms with Crippen molar-refractivity contribution in [3.8, 4) is 0 Å². The Balaban J connectivity index is 2.64. The van der Waals surface area contributed by atoms with Crippen molar-refractivity contribution in [2.24, 2.45) is 0 Å². The third-order valence-corrected chi connectivity index (χ3v) is 3.41. The second kappa shape index (κ2) is 7.93. The summed E-state index contributed by atoms with van der Waals surface area (Å²) < 4.78 is 0.911. The SMILES string of the molecule is CCCCC(CCC)Nc1ncc(Br)cc1Cl. The Bertz CT molecular complexity index is 344. The Hall–Kier alpha value is -0.280. The molecule has 0 bridgehead atoms. The van der Waals surface area contributed by atoms with E-state index in [-0.39, 0.29) is 0 Å². The highest BCUT2D eigenvalue weighted by molar-refractivity contribution is 9.10. The quantitative estimate of drug-likeness (QED) is 0.740. The number of hydrogen-bond donors (Lipinski definition) is 1. The Morgan fingerprint density at radius 2 is 2.12 bits per heavy atom. The third-order valence-electron chi connectivity index (χ3n) is 2.69. The topological polar surface area (TPSA) is 24.9 Å². The zero-order valence-electron chi connectivity index (χ0n) is 10.5. The fourth-order valence-corrected chi connectivity index (χ4v) is 2.49. The molecule has 0 saturated carbocycles. The molecule has 1 rings (SSSR count). The lowest BCUT2D eigenvalue weighted by Gasteiger charge is -2.19. The second-order valence-electron chi connectivity index (χ2n) is 4.26. The van der Waals surface area contributed by atoms with Gasteiger partial charge >= 0.3 is 0 Å². The minimum Gasteiger partial charge on any atom is -0.366 e. The van der Waals surface area contributed by atoms with Crippen LogP contribution in [0.25, 0.3) is 0 Å². The van der Waals surface area contributed by atoms with Gasteiger partial charge in [-0.2, -0.15) is 0 Å². The molecule has 0 aliphatic rings. The first-order valence-corrected chi connectivity index (χ1v) is 7.42. The molecule has 0 amide bonds. The maximum absolute atomic E-state index is 6.15. The zero-order chi connectivity index (χ0) is 12.7. The molecule has 0 aromatic carbocycles. The summed E-state index contributed by atoms with van der Waals surface area (Å²) in [5.74, 6) is 0.796. The fourth-order valence-electron chi connectivity index (χ4n) is 1.80. The van der Waals surface area contributed by atoms with Gasteiger partial charge in [0.05, 0.1) is 5.02 Å². The predicted octanol–water partition coefficient (Wildman–Crippen LogP) is 5.27. The number of rotatable bonds is 7. The molecule has 0 saturated heterocycles. The van der Waals surface area contributed by atoms with Crippen molar-refractivity contribution in [1.29, 1.82) is 0 Å². The van der Waals surface area contributed by atoms with Crippen LogP contribution in [0.4, 0.5) is 5.82 Å². The molecule has 4 heteroatoms. The van der Waals surface area contributed by atoms with Crippen molar-refractivity contribution < 1.29 is 0 Å². The van der Waals surface area contributed by atoms with E-state index in [9.17, 15) is 0 Å². The third kappa shape index (κ3) is 5.26. The fraction of sp³-hybridized carbons (Fsp3) is 0.615. The largest absolute Gasteiger partial charge is 0.366 e. The van der Waals surface area contributed by atoms with E-state index >= 15 is 0 Å². The van der Waals surface area contributed by atoms with Crippen molar-refractivity contribution >= 4 is 33.3 Å². The van der Waals surface area contributed by atoms with Gasteiger partial charge in [0.2, 0.25) is 0 Å². The molecule has 1 N–H and O–H groups in total. The monoisotopic (exact) mass is 318 g/mol. The van der Waals surface area contributed by atoms with Crippen LogP contribution in [-0.2, 0) is 0 Å². The normalized spacial score (nSPS) is 12.5. The van der Waals surface area contributed by atoms with Gasteiger partial charge in [0.1, 0.15) is 5.82 Å². The molecule has 0 spiro atoms. The zero-order valence-corrected chi connectivity index (χ0v) is 12.8. The standard InChI is InChI=1S/C13H20BrClN2/c1-3-5-7-11(6-4-2)17-13-12(15)8-10(14)9-16-13/h8-9,11H,3-7H2,1-2H3,(H,16,17). The van der Waals surface area contributed by atoms with Crippen LogP contribution in [0, 0.1) is 0 Å². The van der Waals surface area contributed by atoms with Gasteiger partial charge < -0.3 is 5.32 Å². The molecule has 1 aromatic heterocycles. The summed E-state index contributed by atoms with van der Waals surface area (Å²) in [4.78, 5) is 4.32. The number of pyridine rings is 1. The summed E-state index contributed by atoms with van der Waals surface area (Å²) in [6.07, 6.45) is 7.76. The molecule has 1 atom stereocenters. The first-order valence-electron chi connectivity index (χ1n) is 6.25. The lowest BCUT2D eigenvalue weighted by atomic mass is 10.1. The lowest BCUT2D eigenvalue weighted by Crippen LogP contribution is -2.20. The van der Waals surface area contributed by atoms with Crippen LogP contribution < -0.4 is 5.32 Å². The van der Waals surface area contributed by atoms with Gasteiger partial charge in [0.25, 0.3) is 0 Å². The van der Waals surface area contributed by atoms with Crippen LogP contribution >= 0.6 is 27.5 Å². The first kappa shape index (κ1) is 14.8. The molecular weight excluding hydrogens is 300 g/mol. The summed E-state index contributed by atoms with van der Waals surface area (Å²) in [7, 11) is 0. The molecule has 0 aliphatic heterocycles. The smallest absolute Gasteiger partial charge is 0.145 e. The van der Waals surface area contributed by atoms with E-state index < -0.39 is 0 Å². The number of unbranched alkanes of at least 4 members (excludes halogenated alkanes) is 1. The van der Waals surface area contributed by atoms with Gasteiger partial charge in [-0.15, -0.1) is 0 Å². The van der Waals surface area contributed by atoms with Crippen LogP contribution in [0.5, 0.6) is 0 Å². The van der Waals surface area contributed by atoms with Crippen LogP contribution in [0.2, 0.25) is 5.02 Å². The molecule has 17 heavy (non-hydrogen) atoms. The summed E-state index contributed by atoms with van der Waals surface area (Å²) in [6, 6.07) is 2.35. The number of halogens is 2. The minimum absolute atomic E-state index is 0.478. The molecular formula is C13H20BrClN2. The molecule has 1 unspecified atom stereocenters. The summed E-state index contributed by atoms with van der Waals surface area (Å²) in [5.41, 5.74) is 0. The lowest BCUT2D eigenvalue weighted by molar-refractivity contribution is 0.563. The predicted molar refractivity (Wildman–Crippen MR) is 78.8 cm³/mol. The average molecular weight is 320 g/mol. The molecule has 1 heterocycles. The van der Waals surface area contributed by atoms with E-state index in [0.29, 0.717) is 11.1 Å². The number of hydrogen-bond acceptors (Lipinski definition) is 2. The Kier molecular flexibility index (Phi) is 6.90. The van der Waals surface area contributed by atoms with Crippen molar-refractivity contribution in [3.63, 3.8) is 0 Å². The van der Waals surface area contributed by atoms with E-state index in [0.717, 1.165) is 16.7 Å². The highest BCUT2D eigenvalue weighted by Crippen LogP contribution is 2.24. The van der Waals surface area contributed by atoms with Gasteiger partial charge in [-0.05, 0) is 34.8 Å². The van der Waals surface area contributed by atoms with Crippen molar-refractivity contribution in [2.75, 3.05) is 5.32 Å². The van der Waals surface area contributed by atoms with Crippen LogP contribution in [0.1, 0.15) is 46.0 Å². The Morgan fingerprint density at radius 3 is 2.71 bits per heavy atom. The van der Waals surface area contributed by atoms with E-state index in [1.165, 1.54) is 25.7 Å². The summed E-state index contributed by atoms with van der Waals surface area (Å²) in [6.45, 7) is 4.42. The molecule has 0 aliphatic carbocycles. The summed E-state index contributed by atoms with van der Waals surface area (Å²) >= 11 is 9.51. The van der Waals surface area contributed by atoms with Crippen LogP contribution in [0.3, 0.4) is 0 Å². The van der Waals surface area contributed by atoms with Gasteiger partial charge in [-0.1, -0.05) is 44.7 Å². The highest BCUT2D eigenvalue weighted by atomic mass is 79.9. The van der Waals surface area contributed by atoms with E-state index in [1.807, 2.05) is 6.07 Å². The van der Waals surface area contributed by atoms with Gasteiger partial charge in [-0.25, -0.2) is 4.98 Å². The van der Waals surface area contributed by atoms with Crippen LogP contribution in [0.15, 0.2) is 16.7 Å². The second-order valence-corrected chi connectivity index (χ2v) is 5.58. The summed E-state index contributed by atoms with van der Waals surface area (Å²) in [5, 5.41) is 4.12. The number of aromatic nitrogens is 1. The van der Waals surface area contributed by atoms with Crippen molar-refractivity contribution in [2.45, 2.75) is 52.0 Å². The van der Waals surface area contributed by atoms with Crippen molar-refractivity contribution in [1.82, 2.24) is 4.98 Å². The molecule has 96 valence electrons. The number of anilines is 1. The van der Waals surface area contributed by atoms with Crippen molar-refractivity contribution in [3.05, 3.63) is 21.8 Å². The van der Waals surface area contributed by atoms with Gasteiger partial charge in [0, 0.05) is 16.7 Å². The number of nitrogens with one attached hydrogen (secondary N) is 1. The molecule has 2 nitrogen and oxygen atoms in total. The average Bonchev–Trinajstić information content (AvgIpc) is 2.29. The van der Waals surface area contributed by atoms with E-state index in [1.54, 1.807) is 6.20 Å². The molecule has 0 fully saturated rings. The van der Waals surface area contributed by atoms with E-state index in [4.69, 9.17) is 11.6 Å². The Labute approximate surface area is 117 Å². The number of nitrogens with zero attached hydrogens (tertiary/aromatic N) is 1. The van der Waals surface area contributed by atoms with E-state index in [2.05, 4.69) is 40.1 Å². The first-order chi connectivity index (χ1) is 8.17. The maximum Gasteiger partial charge on any atom is 0.145 e. The maximum atomic E-state index is 6.15. The Morgan fingerprint density at radius 1 is 1.35 bits per heavy atom. The molecule has 1 aromatic rings. The minimum atomic E-state index is 0.478. The highest BCUT2D eigenvalue weighted by Gasteiger charge is 2.10.